The average molecular weight is 494 g/mol. The summed E-state index contributed by atoms with van der Waals surface area (Å²) in [7, 11) is 0. The molecule has 2 fully saturated rings. The minimum atomic E-state index is -1.86. The maximum atomic E-state index is 12.1. The van der Waals surface area contributed by atoms with E-state index in [1.54, 1.807) is 18.2 Å². The number of aliphatic hydroxyl groups is 6. The van der Waals surface area contributed by atoms with E-state index in [4.69, 9.17) is 18.9 Å². The zero-order valence-electron chi connectivity index (χ0n) is 19.0. The van der Waals surface area contributed by atoms with Crippen molar-refractivity contribution in [2.24, 2.45) is 5.92 Å². The van der Waals surface area contributed by atoms with Gasteiger partial charge >= 0.3 is 5.97 Å². The van der Waals surface area contributed by atoms with Gasteiger partial charge in [0.1, 0.15) is 36.6 Å². The second kappa shape index (κ2) is 9.96. The maximum absolute atomic E-state index is 12.1. The minimum absolute atomic E-state index is 0.160. The molecule has 1 saturated heterocycles. The third-order valence-corrected chi connectivity index (χ3v) is 6.67. The number of hydrogen-bond donors (Lipinski definition) is 6. The molecule has 2 aliphatic heterocycles. The number of rotatable bonds is 6. The van der Waals surface area contributed by atoms with Crippen LogP contribution in [0.5, 0.6) is 0 Å². The van der Waals surface area contributed by atoms with Crippen molar-refractivity contribution >= 4 is 12.0 Å². The van der Waals surface area contributed by atoms with Gasteiger partial charge in [-0.05, 0) is 24.6 Å². The van der Waals surface area contributed by atoms with E-state index in [1.165, 1.54) is 19.1 Å². The Morgan fingerprint density at radius 2 is 1.80 bits per heavy atom. The normalized spacial score (nSPS) is 43.1. The van der Waals surface area contributed by atoms with Crippen LogP contribution in [0.1, 0.15) is 18.9 Å². The van der Waals surface area contributed by atoms with Gasteiger partial charge in [-0.25, -0.2) is 4.79 Å². The summed E-state index contributed by atoms with van der Waals surface area (Å²) in [5.74, 6) is -1.88. The van der Waals surface area contributed by atoms with E-state index in [1.807, 2.05) is 18.2 Å². The molecule has 1 aliphatic carbocycles. The van der Waals surface area contributed by atoms with Gasteiger partial charge in [0.25, 0.3) is 0 Å². The minimum Gasteiger partial charge on any atom is -0.472 e. The fourth-order valence-corrected chi connectivity index (χ4v) is 4.77. The molecule has 1 aromatic rings. The molecule has 1 aromatic carbocycles. The van der Waals surface area contributed by atoms with E-state index in [9.17, 15) is 35.4 Å². The number of fused-ring (bicyclic) bond motifs is 1. The lowest BCUT2D eigenvalue weighted by molar-refractivity contribution is -0.351. The Morgan fingerprint density at radius 3 is 2.51 bits per heavy atom. The van der Waals surface area contributed by atoms with Crippen molar-refractivity contribution in [1.82, 2.24) is 0 Å². The SMILES string of the molecule is C[C@@]1(O)C[C@H](O)[C@@]2(O)C=CO[C@@H](O[C@H]3O[C@@H](COC(=O)/C=C/c4ccccc4)[C@H](O)[C@@H](O)[C@@H]3O)[C@@H]21. The summed E-state index contributed by atoms with van der Waals surface area (Å²) >= 11 is 0. The van der Waals surface area contributed by atoms with Crippen LogP contribution in [-0.4, -0.2) is 97.5 Å². The first-order valence-electron chi connectivity index (χ1n) is 11.2. The molecule has 35 heavy (non-hydrogen) atoms. The van der Waals surface area contributed by atoms with Crippen LogP contribution in [-0.2, 0) is 23.7 Å². The predicted molar refractivity (Wildman–Crippen MR) is 118 cm³/mol. The Labute approximate surface area is 201 Å². The van der Waals surface area contributed by atoms with Crippen LogP contribution in [0.4, 0.5) is 0 Å². The molecule has 11 heteroatoms. The van der Waals surface area contributed by atoms with E-state index in [0.717, 1.165) is 11.8 Å². The Hall–Kier alpha value is -2.35. The summed E-state index contributed by atoms with van der Waals surface area (Å²) in [5.41, 5.74) is -2.68. The molecule has 0 amide bonds. The largest absolute Gasteiger partial charge is 0.472 e. The molecule has 0 unspecified atom stereocenters. The van der Waals surface area contributed by atoms with E-state index in [-0.39, 0.29) is 6.42 Å². The quantitative estimate of drug-likeness (QED) is 0.207. The Bertz CT molecular complexity index is 948. The maximum Gasteiger partial charge on any atom is 0.330 e. The van der Waals surface area contributed by atoms with Crippen molar-refractivity contribution in [2.75, 3.05) is 6.61 Å². The third kappa shape index (κ3) is 5.13. The van der Waals surface area contributed by atoms with Crippen LogP contribution < -0.4 is 0 Å². The van der Waals surface area contributed by atoms with Crippen LogP contribution in [0.25, 0.3) is 6.08 Å². The van der Waals surface area contributed by atoms with Crippen molar-refractivity contribution in [3.8, 4) is 0 Å². The molecule has 10 atom stereocenters. The van der Waals surface area contributed by atoms with Gasteiger partial charge in [-0.1, -0.05) is 30.3 Å². The van der Waals surface area contributed by atoms with E-state index in [0.29, 0.717) is 0 Å². The first kappa shape index (κ1) is 25.7. The number of hydrogen-bond acceptors (Lipinski definition) is 11. The zero-order valence-corrected chi connectivity index (χ0v) is 19.0. The zero-order chi connectivity index (χ0) is 25.4. The van der Waals surface area contributed by atoms with E-state index >= 15 is 0 Å². The van der Waals surface area contributed by atoms with Gasteiger partial charge in [-0.3, -0.25) is 0 Å². The number of benzene rings is 1. The molecule has 192 valence electrons. The fraction of sp³-hybridized carbons (Fsp3) is 0.542. The number of ether oxygens (including phenoxy) is 4. The summed E-state index contributed by atoms with van der Waals surface area (Å²) < 4.78 is 21.7. The van der Waals surface area contributed by atoms with Gasteiger partial charge in [0, 0.05) is 12.5 Å². The van der Waals surface area contributed by atoms with Crippen molar-refractivity contribution in [3.63, 3.8) is 0 Å². The van der Waals surface area contributed by atoms with Crippen molar-refractivity contribution < 1.29 is 54.4 Å². The second-order valence-corrected chi connectivity index (χ2v) is 9.27. The number of carbonyl (C=O) groups excluding carboxylic acids is 1. The van der Waals surface area contributed by atoms with Crippen molar-refractivity contribution in [1.29, 1.82) is 0 Å². The highest BCUT2D eigenvalue weighted by atomic mass is 16.8. The molecule has 1 saturated carbocycles. The number of aliphatic hydroxyl groups excluding tert-OH is 4. The van der Waals surface area contributed by atoms with Crippen molar-refractivity contribution in [2.45, 2.75) is 67.6 Å². The van der Waals surface area contributed by atoms with Gasteiger partial charge in [0.2, 0.25) is 6.29 Å². The molecule has 0 radical (unpaired) electrons. The van der Waals surface area contributed by atoms with E-state index in [2.05, 4.69) is 0 Å². The van der Waals surface area contributed by atoms with E-state index < -0.39 is 72.8 Å². The topological polar surface area (TPSA) is 175 Å². The monoisotopic (exact) mass is 494 g/mol. The van der Waals surface area contributed by atoms with Crippen molar-refractivity contribution in [3.05, 3.63) is 54.3 Å². The summed E-state index contributed by atoms with van der Waals surface area (Å²) in [6.07, 6.45) is -5.67. The molecule has 0 aromatic heterocycles. The van der Waals surface area contributed by atoms with Gasteiger partial charge in [0.15, 0.2) is 6.29 Å². The highest BCUT2D eigenvalue weighted by molar-refractivity contribution is 5.87. The Balaban J connectivity index is 1.41. The molecule has 3 aliphatic rings. The molecule has 4 rings (SSSR count). The molecule has 0 spiro atoms. The average Bonchev–Trinajstić information content (AvgIpc) is 3.01. The van der Waals surface area contributed by atoms with Crippen LogP contribution >= 0.6 is 0 Å². The van der Waals surface area contributed by atoms with Crippen LogP contribution in [0, 0.1) is 5.92 Å². The molecule has 6 N–H and O–H groups in total. The molecular formula is C24H30O11. The van der Waals surface area contributed by atoms with Crippen LogP contribution in [0.2, 0.25) is 0 Å². The van der Waals surface area contributed by atoms with Gasteiger partial charge < -0.3 is 49.6 Å². The first-order valence-corrected chi connectivity index (χ1v) is 11.2. The molecular weight excluding hydrogens is 464 g/mol. The Kier molecular flexibility index (Phi) is 7.32. The standard InChI is InChI=1S/C24H30O11/c1-23(30)11-15(25)24(31)9-10-32-22(20(23)24)35-21-19(29)18(28)17(27)14(34-21)12-33-16(26)8-7-13-5-3-2-4-6-13/h2-10,14-15,17-22,25,27-31H,11-12H2,1H3/b8-7+/t14-,15-,17-,18+,19-,20+,21+,22-,23+,24-/m0/s1. The fourth-order valence-electron chi connectivity index (χ4n) is 4.77. The molecule has 11 nitrogen and oxygen atoms in total. The smallest absolute Gasteiger partial charge is 0.330 e. The summed E-state index contributed by atoms with van der Waals surface area (Å²) in [6, 6.07) is 9.04. The number of esters is 1. The molecule has 0 bridgehead atoms. The highest BCUT2D eigenvalue weighted by Crippen LogP contribution is 2.49. The lowest BCUT2D eigenvalue weighted by Crippen LogP contribution is -2.62. The van der Waals surface area contributed by atoms with Crippen LogP contribution in [0.3, 0.4) is 0 Å². The Morgan fingerprint density at radius 1 is 1.09 bits per heavy atom. The first-order chi connectivity index (χ1) is 16.5. The second-order valence-electron chi connectivity index (χ2n) is 9.27. The summed E-state index contributed by atoms with van der Waals surface area (Å²) in [6.45, 7) is 0.942. The summed E-state index contributed by atoms with van der Waals surface area (Å²) in [5, 5.41) is 62.9. The van der Waals surface area contributed by atoms with Gasteiger partial charge in [-0.2, -0.15) is 0 Å². The van der Waals surface area contributed by atoms with Gasteiger partial charge in [0.05, 0.1) is 23.9 Å². The lowest BCUT2D eigenvalue weighted by Gasteiger charge is -2.45. The van der Waals surface area contributed by atoms with Crippen LogP contribution in [0.15, 0.2) is 48.7 Å². The number of carbonyl (C=O) groups is 1. The summed E-state index contributed by atoms with van der Waals surface area (Å²) in [4.78, 5) is 12.1. The highest BCUT2D eigenvalue weighted by Gasteiger charge is 2.64. The molecule has 2 heterocycles. The third-order valence-electron chi connectivity index (χ3n) is 6.67. The lowest BCUT2D eigenvalue weighted by atomic mass is 9.81. The predicted octanol–water partition coefficient (Wildman–Crippen LogP) is -1.20. The van der Waals surface area contributed by atoms with Gasteiger partial charge in [-0.15, -0.1) is 0 Å².